The molecule has 0 unspecified atom stereocenters. The molecule has 2 aliphatic heterocycles. The molecule has 13 heteroatoms. The van der Waals surface area contributed by atoms with E-state index in [1.807, 2.05) is 29.0 Å². The molecule has 1 fully saturated rings. The molecule has 5 rings (SSSR count). The molecule has 4 heterocycles. The summed E-state index contributed by atoms with van der Waals surface area (Å²) in [5.41, 5.74) is 3.31. The molecule has 0 atom stereocenters. The largest absolute Gasteiger partial charge is 0.496 e. The quantitative estimate of drug-likeness (QED) is 0.336. The van der Waals surface area contributed by atoms with E-state index in [1.54, 1.807) is 11.8 Å². The number of amides is 2. The number of ether oxygens (including phenoxy) is 3. The molecule has 12 nitrogen and oxygen atoms in total. The molecule has 3 aromatic rings. The van der Waals surface area contributed by atoms with Gasteiger partial charge in [0, 0.05) is 35.7 Å². The lowest BCUT2D eigenvalue weighted by atomic mass is 9.95. The molecule has 1 saturated heterocycles. The molecule has 0 aliphatic carbocycles. The zero-order chi connectivity index (χ0) is 27.9. The van der Waals surface area contributed by atoms with Crippen molar-refractivity contribution in [2.24, 2.45) is 5.92 Å². The molecular formula is C26H30N4O8S. The third kappa shape index (κ3) is 5.17. The molecule has 2 aliphatic rings. The fraction of sp³-hybridized carbons (Fsp3) is 0.423. The fourth-order valence-corrected chi connectivity index (χ4v) is 5.43. The summed E-state index contributed by atoms with van der Waals surface area (Å²) in [5, 5.41) is 38.6. The monoisotopic (exact) mass is 558 g/mol. The summed E-state index contributed by atoms with van der Waals surface area (Å²) in [5.74, 6) is 0.671. The van der Waals surface area contributed by atoms with Crippen LogP contribution in [0.15, 0.2) is 29.0 Å². The second-order valence-electron chi connectivity index (χ2n) is 9.77. The number of carbonyl (C=O) groups excluding carboxylic acids is 2. The van der Waals surface area contributed by atoms with Crippen molar-refractivity contribution >= 4 is 23.3 Å². The Morgan fingerprint density at radius 3 is 2.69 bits per heavy atom. The van der Waals surface area contributed by atoms with E-state index in [9.17, 15) is 24.9 Å². The number of cyclic esters (lactones) is 1. The smallest absolute Gasteiger partial charge is 0.409 e. The van der Waals surface area contributed by atoms with Gasteiger partial charge in [-0.25, -0.2) is 9.48 Å². The number of fused-ring (bicyclic) bond motifs is 3. The Morgan fingerprint density at radius 2 is 2.08 bits per heavy atom. The molecular weight excluding hydrogens is 528 g/mol. The van der Waals surface area contributed by atoms with Crippen LogP contribution in [0.2, 0.25) is 0 Å². The Bertz CT molecular complexity index is 1380. The Kier molecular flexibility index (Phi) is 7.25. The predicted molar refractivity (Wildman–Crippen MR) is 140 cm³/mol. The maximum Gasteiger partial charge on any atom is 0.409 e. The van der Waals surface area contributed by atoms with Crippen LogP contribution in [0.3, 0.4) is 0 Å². The lowest BCUT2D eigenvalue weighted by molar-refractivity contribution is -0.378. The molecule has 39 heavy (non-hydrogen) atoms. The van der Waals surface area contributed by atoms with E-state index in [-0.39, 0.29) is 38.5 Å². The maximum absolute atomic E-state index is 13.7. The number of carbonyl (C=O) groups is 2. The van der Waals surface area contributed by atoms with Crippen LogP contribution in [0.25, 0.3) is 16.9 Å². The lowest BCUT2D eigenvalue weighted by Crippen LogP contribution is -2.54. The molecule has 2 aromatic heterocycles. The molecule has 0 bridgehead atoms. The van der Waals surface area contributed by atoms with E-state index in [0.29, 0.717) is 44.8 Å². The first-order chi connectivity index (χ1) is 18.6. The number of methoxy groups -OCH3 is 1. The minimum Gasteiger partial charge on any atom is -0.496 e. The van der Waals surface area contributed by atoms with Crippen molar-refractivity contribution < 1.29 is 39.1 Å². The second-order valence-corrected chi connectivity index (χ2v) is 10.6. The van der Waals surface area contributed by atoms with Gasteiger partial charge in [-0.15, -0.1) is 0 Å². The zero-order valence-electron chi connectivity index (χ0n) is 21.8. The summed E-state index contributed by atoms with van der Waals surface area (Å²) >= 11 is 1.46. The third-order valence-corrected chi connectivity index (χ3v) is 7.29. The summed E-state index contributed by atoms with van der Waals surface area (Å²) in [4.78, 5) is 27.3. The molecule has 3 N–H and O–H groups in total. The highest BCUT2D eigenvalue weighted by molar-refractivity contribution is 7.08. The molecule has 0 radical (unpaired) electrons. The molecule has 208 valence electrons. The molecule has 2 amide bonds. The second kappa shape index (κ2) is 10.5. The summed E-state index contributed by atoms with van der Waals surface area (Å²) in [6, 6.07) is 5.64. The van der Waals surface area contributed by atoms with Crippen LogP contribution in [0.5, 0.6) is 11.5 Å². The van der Waals surface area contributed by atoms with E-state index >= 15 is 0 Å². The lowest BCUT2D eigenvalue weighted by Gasteiger charge is -2.31. The first-order valence-electron chi connectivity index (χ1n) is 12.5. The first kappa shape index (κ1) is 26.9. The standard InChI is InChI=1S/C26H30N4O8S/c1-15(2)10-16-11-18-21(12-20(16)36-3)38-13-19-22(27-30(23(18)19)17-4-9-39-14-17)24(31)29(26(33,34)35)6-5-28-7-8-37-25(28)32/h4,9,11-12,14-15,33-35H,5-8,10,13H2,1-3H3. The minimum absolute atomic E-state index is 0.0260. The van der Waals surface area contributed by atoms with Crippen LogP contribution >= 0.6 is 11.3 Å². The van der Waals surface area contributed by atoms with Crippen molar-refractivity contribution in [3.8, 4) is 28.4 Å². The van der Waals surface area contributed by atoms with E-state index in [2.05, 4.69) is 18.9 Å². The van der Waals surface area contributed by atoms with Gasteiger partial charge in [0.2, 0.25) is 0 Å². The van der Waals surface area contributed by atoms with Crippen molar-refractivity contribution in [3.63, 3.8) is 0 Å². The number of thiophene rings is 1. The third-order valence-electron chi connectivity index (χ3n) is 6.62. The molecule has 0 spiro atoms. The summed E-state index contributed by atoms with van der Waals surface area (Å²) in [6.07, 6.45) is -3.33. The van der Waals surface area contributed by atoms with Gasteiger partial charge in [-0.05, 0) is 35.4 Å². The molecule has 0 saturated carbocycles. The Balaban J connectivity index is 1.60. The van der Waals surface area contributed by atoms with Gasteiger partial charge in [0.25, 0.3) is 5.91 Å². The van der Waals surface area contributed by atoms with Crippen LogP contribution in [0.1, 0.15) is 35.5 Å². The van der Waals surface area contributed by atoms with E-state index < -0.39 is 18.1 Å². The Labute approximate surface area is 228 Å². The van der Waals surface area contributed by atoms with Crippen molar-refractivity contribution in [1.29, 1.82) is 0 Å². The van der Waals surface area contributed by atoms with Crippen molar-refractivity contribution in [3.05, 3.63) is 45.8 Å². The number of hydrogen-bond acceptors (Lipinski definition) is 10. The van der Waals surface area contributed by atoms with Gasteiger partial charge in [-0.3, -0.25) is 9.69 Å². The molecule has 1 aromatic carbocycles. The minimum atomic E-state index is -3.50. The van der Waals surface area contributed by atoms with Gasteiger partial charge < -0.3 is 34.4 Å². The van der Waals surface area contributed by atoms with E-state index in [0.717, 1.165) is 12.0 Å². The number of benzene rings is 1. The van der Waals surface area contributed by atoms with Crippen LogP contribution < -0.4 is 9.47 Å². The number of nitrogens with zero attached hydrogens (tertiary/aromatic N) is 4. The topological polar surface area (TPSA) is 147 Å². The van der Waals surface area contributed by atoms with Gasteiger partial charge >= 0.3 is 12.2 Å². The van der Waals surface area contributed by atoms with Crippen LogP contribution in [0, 0.1) is 5.92 Å². The van der Waals surface area contributed by atoms with Gasteiger partial charge in [-0.2, -0.15) is 16.4 Å². The SMILES string of the molecule is COc1cc2c(cc1CC(C)C)-c1c(c(C(=O)N(CCN3CCOC3=O)C(O)(O)O)nn1-c1ccsc1)CO2. The zero-order valence-corrected chi connectivity index (χ0v) is 22.6. The average molecular weight is 559 g/mol. The first-order valence-corrected chi connectivity index (χ1v) is 13.4. The highest BCUT2D eigenvalue weighted by atomic mass is 32.1. The van der Waals surface area contributed by atoms with Crippen LogP contribution in [-0.2, 0) is 17.8 Å². The average Bonchev–Trinajstić information content (AvgIpc) is 3.62. The van der Waals surface area contributed by atoms with Gasteiger partial charge in [0.1, 0.15) is 24.7 Å². The van der Waals surface area contributed by atoms with Crippen LogP contribution in [-0.4, -0.2) is 86.3 Å². The van der Waals surface area contributed by atoms with Gasteiger partial charge in [0.15, 0.2) is 5.69 Å². The highest BCUT2D eigenvalue weighted by Gasteiger charge is 2.40. The summed E-state index contributed by atoms with van der Waals surface area (Å²) in [6.45, 7) is 4.19. The fourth-order valence-electron chi connectivity index (χ4n) is 4.82. The van der Waals surface area contributed by atoms with Crippen molar-refractivity contribution in [2.45, 2.75) is 33.0 Å². The van der Waals surface area contributed by atoms with Gasteiger partial charge in [0.05, 0.1) is 25.0 Å². The van der Waals surface area contributed by atoms with Gasteiger partial charge in [-0.1, -0.05) is 13.8 Å². The normalized spacial score (nSPS) is 14.6. The van der Waals surface area contributed by atoms with E-state index in [1.165, 1.54) is 16.2 Å². The summed E-state index contributed by atoms with van der Waals surface area (Å²) < 4.78 is 18.2. The maximum atomic E-state index is 13.7. The predicted octanol–water partition coefficient (Wildman–Crippen LogP) is 2.18. The van der Waals surface area contributed by atoms with Crippen LogP contribution in [0.4, 0.5) is 4.79 Å². The number of rotatable bonds is 9. The van der Waals surface area contributed by atoms with Crippen molar-refractivity contribution in [2.75, 3.05) is 33.4 Å². The number of hydrogen-bond donors (Lipinski definition) is 3. The van der Waals surface area contributed by atoms with Crippen molar-refractivity contribution in [1.82, 2.24) is 19.6 Å². The Morgan fingerprint density at radius 1 is 1.28 bits per heavy atom. The number of aliphatic hydroxyl groups is 3. The van der Waals surface area contributed by atoms with E-state index in [4.69, 9.17) is 14.2 Å². The number of aromatic nitrogens is 2. The summed E-state index contributed by atoms with van der Waals surface area (Å²) in [7, 11) is 1.60. The highest BCUT2D eigenvalue weighted by Crippen LogP contribution is 2.44. The Hall–Kier alpha value is -3.65.